The van der Waals surface area contributed by atoms with E-state index < -0.39 is 5.72 Å². The first-order valence-corrected chi connectivity index (χ1v) is 16.4. The monoisotopic (exact) mass is 640 g/mol. The molecule has 0 bridgehead atoms. The van der Waals surface area contributed by atoms with Gasteiger partial charge >= 0.3 is 0 Å². The maximum Gasteiger partial charge on any atom is 0.242 e. The minimum atomic E-state index is -0.981. The van der Waals surface area contributed by atoms with Crippen LogP contribution in [0.3, 0.4) is 0 Å². The first-order valence-electron chi connectivity index (χ1n) is 15.1. The second kappa shape index (κ2) is 11.7. The summed E-state index contributed by atoms with van der Waals surface area (Å²) < 4.78 is 8.65. The van der Waals surface area contributed by atoms with Gasteiger partial charge in [0.2, 0.25) is 11.6 Å². The lowest BCUT2D eigenvalue weighted by Crippen LogP contribution is -2.47. The molecule has 8 heteroatoms. The van der Waals surface area contributed by atoms with Crippen LogP contribution >= 0.6 is 23.4 Å². The molecule has 1 aromatic heterocycles. The Morgan fingerprint density at radius 1 is 0.804 bits per heavy atom. The Morgan fingerprint density at radius 2 is 1.46 bits per heavy atom. The number of aryl methyl sites for hydroxylation is 1. The van der Waals surface area contributed by atoms with Crippen LogP contribution in [0.2, 0.25) is 5.02 Å². The fraction of sp³-hybridized carbons (Fsp3) is 0.105. The summed E-state index contributed by atoms with van der Waals surface area (Å²) in [7, 11) is 0. The van der Waals surface area contributed by atoms with Crippen molar-refractivity contribution < 1.29 is 9.57 Å². The predicted octanol–water partition coefficient (Wildman–Crippen LogP) is 9.91. The van der Waals surface area contributed by atoms with Crippen molar-refractivity contribution in [3.8, 4) is 17.3 Å². The van der Waals surface area contributed by atoms with Gasteiger partial charge in [0.1, 0.15) is 5.75 Å². The van der Waals surface area contributed by atoms with Crippen molar-refractivity contribution in [1.82, 2.24) is 9.78 Å². The van der Waals surface area contributed by atoms with Crippen LogP contribution in [0.5, 0.6) is 11.6 Å². The first-order chi connectivity index (χ1) is 22.6. The summed E-state index contributed by atoms with van der Waals surface area (Å²) in [6, 6.07) is 46.5. The van der Waals surface area contributed by atoms with Crippen LogP contribution in [0.4, 0.5) is 5.69 Å². The highest BCUT2D eigenvalue weighted by Gasteiger charge is 2.53. The molecule has 6 aromatic rings. The highest BCUT2D eigenvalue weighted by Crippen LogP contribution is 2.58. The quantitative estimate of drug-likeness (QED) is 0.181. The zero-order valence-electron chi connectivity index (χ0n) is 25.0. The van der Waals surface area contributed by atoms with E-state index in [0.717, 1.165) is 50.2 Å². The van der Waals surface area contributed by atoms with E-state index in [0.29, 0.717) is 17.3 Å². The Balaban J connectivity index is 1.34. The maximum absolute atomic E-state index is 6.74. The largest absolute Gasteiger partial charge is 0.439 e. The molecular weight excluding hydrogens is 612 g/mol. The van der Waals surface area contributed by atoms with E-state index in [9.17, 15) is 0 Å². The van der Waals surface area contributed by atoms with E-state index in [1.807, 2.05) is 108 Å². The van der Waals surface area contributed by atoms with Gasteiger partial charge in [-0.05, 0) is 55.5 Å². The van der Waals surface area contributed by atoms with Crippen LogP contribution in [0.1, 0.15) is 34.1 Å². The molecule has 2 atom stereocenters. The number of aromatic nitrogens is 2. The minimum absolute atomic E-state index is 0.136. The molecule has 8 rings (SSSR count). The number of benzene rings is 5. The van der Waals surface area contributed by atoms with Crippen molar-refractivity contribution in [1.29, 1.82) is 0 Å². The van der Waals surface area contributed by atoms with Gasteiger partial charge in [-0.15, -0.1) is 11.8 Å². The van der Waals surface area contributed by atoms with E-state index in [-0.39, 0.29) is 5.25 Å². The smallest absolute Gasteiger partial charge is 0.242 e. The maximum atomic E-state index is 6.74. The molecule has 0 aliphatic carbocycles. The fourth-order valence-corrected chi connectivity index (χ4v) is 7.84. The summed E-state index contributed by atoms with van der Waals surface area (Å²) in [5.74, 6) is 2.16. The van der Waals surface area contributed by atoms with Crippen molar-refractivity contribution in [2.45, 2.75) is 29.2 Å². The van der Waals surface area contributed by atoms with Crippen molar-refractivity contribution >= 4 is 34.9 Å². The molecule has 2 aliphatic heterocycles. The van der Waals surface area contributed by atoms with Crippen molar-refractivity contribution in [3.63, 3.8) is 0 Å². The molecule has 6 nitrogen and oxygen atoms in total. The Morgan fingerprint density at radius 3 is 2.20 bits per heavy atom. The molecule has 2 unspecified atom stereocenters. The van der Waals surface area contributed by atoms with Crippen LogP contribution in [0.15, 0.2) is 150 Å². The highest BCUT2D eigenvalue weighted by molar-refractivity contribution is 7.99. The highest BCUT2D eigenvalue weighted by atomic mass is 35.5. The van der Waals surface area contributed by atoms with Gasteiger partial charge in [-0.3, -0.25) is 4.90 Å². The van der Waals surface area contributed by atoms with Crippen molar-refractivity contribution in [2.75, 3.05) is 4.90 Å². The summed E-state index contributed by atoms with van der Waals surface area (Å²) in [4.78, 5) is 10.1. The van der Waals surface area contributed by atoms with Gasteiger partial charge in [-0.25, -0.2) is 4.68 Å². The van der Waals surface area contributed by atoms with E-state index in [1.54, 1.807) is 11.8 Å². The molecule has 0 spiro atoms. The number of amidine groups is 1. The van der Waals surface area contributed by atoms with Gasteiger partial charge < -0.3 is 9.57 Å². The number of halogens is 1. The number of fused-ring (bicyclic) bond motifs is 3. The van der Waals surface area contributed by atoms with E-state index >= 15 is 0 Å². The van der Waals surface area contributed by atoms with Gasteiger partial charge in [-0.1, -0.05) is 108 Å². The lowest BCUT2D eigenvalue weighted by atomic mass is 9.92. The molecule has 46 heavy (non-hydrogen) atoms. The van der Waals surface area contributed by atoms with Gasteiger partial charge in [0.25, 0.3) is 0 Å². The molecule has 0 fully saturated rings. The number of oxime groups is 1. The number of para-hydroxylation sites is 3. The normalized spacial score (nSPS) is 18.6. The standard InChI is InChI=1S/C38H29ClN4O2S/c1-26-35(37(44-31-17-9-4-10-18-31)43(40-26)30-15-7-3-8-16-30)34-25-38(28-21-23-29(39)24-22-28)42(32-19-11-12-20-33(32)46-34)36(41-45-38)27-13-5-2-6-14-27/h2-24,34H,25H2,1H3. The molecule has 0 saturated heterocycles. The van der Waals surface area contributed by atoms with Crippen LogP contribution in [0, 0.1) is 6.92 Å². The summed E-state index contributed by atoms with van der Waals surface area (Å²) in [5.41, 5.74) is 4.76. The van der Waals surface area contributed by atoms with Gasteiger partial charge in [0, 0.05) is 32.7 Å². The third kappa shape index (κ3) is 4.92. The molecule has 0 radical (unpaired) electrons. The zero-order chi connectivity index (χ0) is 31.1. The van der Waals surface area contributed by atoms with Gasteiger partial charge in [-0.2, -0.15) is 5.10 Å². The molecule has 5 aromatic carbocycles. The number of anilines is 1. The Labute approximate surface area is 276 Å². The third-order valence-electron chi connectivity index (χ3n) is 8.36. The van der Waals surface area contributed by atoms with Gasteiger partial charge in [0.05, 0.1) is 22.6 Å². The van der Waals surface area contributed by atoms with E-state index in [4.69, 9.17) is 31.4 Å². The number of nitrogens with zero attached hydrogens (tertiary/aromatic N) is 4. The van der Waals surface area contributed by atoms with Crippen molar-refractivity contribution in [3.05, 3.63) is 167 Å². The SMILES string of the molecule is Cc1nn(-c2ccccc2)c(Oc2ccccc2)c1C1CC2(c3ccc(Cl)cc3)ON=C(c3ccccc3)N2c2ccccc2S1. The van der Waals surface area contributed by atoms with Crippen LogP contribution in [-0.2, 0) is 10.6 Å². The summed E-state index contributed by atoms with van der Waals surface area (Å²) in [6.07, 6.45) is 0.542. The Kier molecular flexibility index (Phi) is 7.28. The average molecular weight is 641 g/mol. The minimum Gasteiger partial charge on any atom is -0.439 e. The van der Waals surface area contributed by atoms with Crippen molar-refractivity contribution in [2.24, 2.45) is 5.16 Å². The second-order valence-corrected chi connectivity index (χ2v) is 12.9. The molecule has 226 valence electrons. The number of ether oxygens (including phenoxy) is 1. The first kappa shape index (κ1) is 28.5. The Bertz CT molecular complexity index is 2030. The summed E-state index contributed by atoms with van der Waals surface area (Å²) >= 11 is 8.21. The number of hydrogen-bond donors (Lipinski definition) is 0. The summed E-state index contributed by atoms with van der Waals surface area (Å²) in [5, 5.41) is 10.4. The molecule has 2 aliphatic rings. The van der Waals surface area contributed by atoms with E-state index in [2.05, 4.69) is 48.2 Å². The molecule has 0 saturated carbocycles. The van der Waals surface area contributed by atoms with E-state index in [1.165, 1.54) is 0 Å². The summed E-state index contributed by atoms with van der Waals surface area (Å²) in [6.45, 7) is 2.05. The van der Waals surface area contributed by atoms with Crippen LogP contribution < -0.4 is 9.64 Å². The lowest BCUT2D eigenvalue weighted by Gasteiger charge is -2.37. The predicted molar refractivity (Wildman–Crippen MR) is 184 cm³/mol. The Hall–Kier alpha value is -4.98. The van der Waals surface area contributed by atoms with Crippen LogP contribution in [-0.4, -0.2) is 15.6 Å². The number of hydrogen-bond acceptors (Lipinski definition) is 6. The third-order valence-corrected chi connectivity index (χ3v) is 9.90. The molecule has 0 N–H and O–H groups in total. The number of rotatable bonds is 6. The topological polar surface area (TPSA) is 51.9 Å². The molecule has 0 amide bonds. The number of thioether (sulfide) groups is 1. The second-order valence-electron chi connectivity index (χ2n) is 11.2. The van der Waals surface area contributed by atoms with Crippen LogP contribution in [0.25, 0.3) is 5.69 Å². The average Bonchev–Trinajstić information content (AvgIpc) is 3.59. The molecular formula is C38H29ClN4O2S. The fourth-order valence-electron chi connectivity index (χ4n) is 6.27. The zero-order valence-corrected chi connectivity index (χ0v) is 26.5. The lowest BCUT2D eigenvalue weighted by molar-refractivity contribution is -0.0284. The molecule has 3 heterocycles. The van der Waals surface area contributed by atoms with Gasteiger partial charge in [0.15, 0.2) is 5.84 Å².